The number of hydrogen-bond donors (Lipinski definition) is 2. The van der Waals surface area contributed by atoms with Gasteiger partial charge in [0.15, 0.2) is 0 Å². The van der Waals surface area contributed by atoms with Gasteiger partial charge in [0.2, 0.25) is 0 Å². The van der Waals surface area contributed by atoms with Crippen LogP contribution in [0.2, 0.25) is 0 Å². The van der Waals surface area contributed by atoms with Gasteiger partial charge in [0.05, 0.1) is 24.3 Å². The first kappa shape index (κ1) is 15.5. The van der Waals surface area contributed by atoms with Crippen molar-refractivity contribution in [1.29, 1.82) is 5.26 Å². The molecule has 0 aliphatic rings. The number of ether oxygens (including phenoxy) is 1. The third-order valence-corrected chi connectivity index (χ3v) is 2.59. The molecule has 0 saturated heterocycles. The smallest absolute Gasteiger partial charge is 0.325 e. The summed E-state index contributed by atoms with van der Waals surface area (Å²) in [6.07, 6.45) is 0. The molecule has 0 fully saturated rings. The van der Waals surface area contributed by atoms with E-state index in [1.807, 2.05) is 13.0 Å². The first-order valence-corrected chi connectivity index (χ1v) is 6.26. The van der Waals surface area contributed by atoms with E-state index in [1.165, 1.54) is 0 Å². The summed E-state index contributed by atoms with van der Waals surface area (Å²) < 4.78 is 4.70. The van der Waals surface area contributed by atoms with E-state index < -0.39 is 12.0 Å². The normalized spacial score (nSPS) is 11.1. The Balaban J connectivity index is 2.44. The lowest BCUT2D eigenvalue weighted by Gasteiger charge is -2.14. The fourth-order valence-electron chi connectivity index (χ4n) is 1.54. The maximum Gasteiger partial charge on any atom is 0.325 e. The van der Waals surface area contributed by atoms with Crippen molar-refractivity contribution in [2.75, 3.05) is 13.2 Å². The lowest BCUT2D eigenvalue weighted by molar-refractivity contribution is -0.141. The maximum atomic E-state index is 11.6. The van der Waals surface area contributed by atoms with Gasteiger partial charge in [-0.15, -0.1) is 0 Å². The average molecular weight is 275 g/mol. The third kappa shape index (κ3) is 4.98. The zero-order valence-corrected chi connectivity index (χ0v) is 11.5. The second-order valence-electron chi connectivity index (χ2n) is 4.09. The minimum Gasteiger partial charge on any atom is -0.465 e. The van der Waals surface area contributed by atoms with Crippen molar-refractivity contribution in [3.8, 4) is 6.07 Å². The second kappa shape index (κ2) is 7.79. The molecular weight excluding hydrogens is 258 g/mol. The van der Waals surface area contributed by atoms with Crippen molar-refractivity contribution >= 4 is 12.0 Å². The summed E-state index contributed by atoms with van der Waals surface area (Å²) >= 11 is 0. The summed E-state index contributed by atoms with van der Waals surface area (Å²) in [4.78, 5) is 22.7. The molecule has 106 valence electrons. The van der Waals surface area contributed by atoms with Crippen LogP contribution >= 0.6 is 0 Å². The Morgan fingerprint density at radius 1 is 1.35 bits per heavy atom. The van der Waals surface area contributed by atoms with Crippen LogP contribution in [0, 0.1) is 11.3 Å². The highest BCUT2D eigenvalue weighted by atomic mass is 16.5. The molecule has 6 heteroatoms. The van der Waals surface area contributed by atoms with Crippen molar-refractivity contribution < 1.29 is 14.3 Å². The van der Waals surface area contributed by atoms with E-state index in [0.29, 0.717) is 5.56 Å². The van der Waals surface area contributed by atoms with Crippen LogP contribution in [0.4, 0.5) is 4.79 Å². The average Bonchev–Trinajstić information content (AvgIpc) is 2.45. The third-order valence-electron chi connectivity index (χ3n) is 2.59. The van der Waals surface area contributed by atoms with E-state index in [1.54, 1.807) is 31.2 Å². The van der Waals surface area contributed by atoms with Crippen LogP contribution in [0.5, 0.6) is 0 Å². The molecule has 0 heterocycles. The van der Waals surface area contributed by atoms with Crippen molar-refractivity contribution in [3.05, 3.63) is 35.4 Å². The summed E-state index contributed by atoms with van der Waals surface area (Å²) in [6, 6.07) is 8.26. The summed E-state index contributed by atoms with van der Waals surface area (Å²) in [7, 11) is 0. The van der Waals surface area contributed by atoms with Gasteiger partial charge >= 0.3 is 12.0 Å². The van der Waals surface area contributed by atoms with Crippen LogP contribution in [0.15, 0.2) is 24.3 Å². The van der Waals surface area contributed by atoms with Crippen LogP contribution in [0.1, 0.15) is 31.0 Å². The van der Waals surface area contributed by atoms with Gasteiger partial charge in [-0.25, -0.2) is 4.79 Å². The molecule has 20 heavy (non-hydrogen) atoms. The van der Waals surface area contributed by atoms with Crippen molar-refractivity contribution in [1.82, 2.24) is 10.6 Å². The van der Waals surface area contributed by atoms with Crippen molar-refractivity contribution in [3.63, 3.8) is 0 Å². The van der Waals surface area contributed by atoms with E-state index in [9.17, 15) is 9.59 Å². The number of rotatable bonds is 5. The summed E-state index contributed by atoms with van der Waals surface area (Å²) in [6.45, 7) is 3.62. The highest BCUT2D eigenvalue weighted by Gasteiger charge is 2.10. The van der Waals surface area contributed by atoms with E-state index in [4.69, 9.17) is 10.00 Å². The fraction of sp³-hybridized carbons (Fsp3) is 0.357. The Kier molecular flexibility index (Phi) is 6.04. The highest BCUT2D eigenvalue weighted by molar-refractivity contribution is 5.80. The van der Waals surface area contributed by atoms with E-state index in [-0.39, 0.29) is 19.2 Å². The summed E-state index contributed by atoms with van der Waals surface area (Å²) in [5.74, 6) is -0.478. The monoisotopic (exact) mass is 275 g/mol. The molecule has 0 spiro atoms. The number of carbonyl (C=O) groups excluding carboxylic acids is 2. The molecule has 0 saturated carbocycles. The number of esters is 1. The number of nitrogens with one attached hydrogen (secondary N) is 2. The molecule has 1 unspecified atom stereocenters. The summed E-state index contributed by atoms with van der Waals surface area (Å²) in [5, 5.41) is 13.8. The topological polar surface area (TPSA) is 91.2 Å². The number of amides is 2. The molecule has 1 atom stereocenters. The zero-order chi connectivity index (χ0) is 15.0. The fourth-order valence-corrected chi connectivity index (χ4v) is 1.54. The number of urea groups is 1. The van der Waals surface area contributed by atoms with E-state index >= 15 is 0 Å². The first-order valence-electron chi connectivity index (χ1n) is 6.26. The van der Waals surface area contributed by atoms with Gasteiger partial charge in [-0.05, 0) is 31.5 Å². The molecular formula is C14H17N3O3. The number of hydrogen-bond acceptors (Lipinski definition) is 4. The molecule has 0 aromatic heterocycles. The SMILES string of the molecule is CCOC(=O)CNC(=O)NC(C)c1ccc(C#N)cc1. The molecule has 1 rings (SSSR count). The maximum absolute atomic E-state index is 11.6. The first-order chi connectivity index (χ1) is 9.56. The predicted octanol–water partition coefficient (Wildman–Crippen LogP) is 1.48. The highest BCUT2D eigenvalue weighted by Crippen LogP contribution is 2.12. The second-order valence-corrected chi connectivity index (χ2v) is 4.09. The quantitative estimate of drug-likeness (QED) is 0.796. The Morgan fingerprint density at radius 2 is 2.00 bits per heavy atom. The zero-order valence-electron chi connectivity index (χ0n) is 11.5. The van der Waals surface area contributed by atoms with Gasteiger partial charge in [-0.3, -0.25) is 4.79 Å². The minimum atomic E-state index is -0.478. The largest absolute Gasteiger partial charge is 0.465 e. The van der Waals surface area contributed by atoms with Gasteiger partial charge < -0.3 is 15.4 Å². The van der Waals surface area contributed by atoms with Gasteiger partial charge in [0.25, 0.3) is 0 Å². The number of nitrogens with zero attached hydrogens (tertiary/aromatic N) is 1. The Hall–Kier alpha value is -2.55. The standard InChI is InChI=1S/C14H17N3O3/c1-3-20-13(18)9-16-14(19)17-10(2)12-6-4-11(8-15)5-7-12/h4-7,10H,3,9H2,1-2H3,(H2,16,17,19). The van der Waals surface area contributed by atoms with E-state index in [2.05, 4.69) is 10.6 Å². The molecule has 0 bridgehead atoms. The molecule has 2 N–H and O–H groups in total. The molecule has 6 nitrogen and oxygen atoms in total. The summed E-state index contributed by atoms with van der Waals surface area (Å²) in [5.41, 5.74) is 1.43. The van der Waals surface area contributed by atoms with Gasteiger partial charge in [-0.1, -0.05) is 12.1 Å². The molecule has 0 radical (unpaired) electrons. The molecule has 2 amide bonds. The van der Waals surface area contributed by atoms with Gasteiger partial charge in [-0.2, -0.15) is 5.26 Å². The lowest BCUT2D eigenvalue weighted by Crippen LogP contribution is -2.40. The lowest BCUT2D eigenvalue weighted by atomic mass is 10.1. The Bertz CT molecular complexity index is 505. The predicted molar refractivity (Wildman–Crippen MR) is 72.7 cm³/mol. The van der Waals surface area contributed by atoms with Crippen LogP contribution in [-0.2, 0) is 9.53 Å². The van der Waals surface area contributed by atoms with Crippen molar-refractivity contribution in [2.45, 2.75) is 19.9 Å². The molecule has 0 aliphatic heterocycles. The van der Waals surface area contributed by atoms with E-state index in [0.717, 1.165) is 5.56 Å². The Morgan fingerprint density at radius 3 is 2.55 bits per heavy atom. The van der Waals surface area contributed by atoms with Crippen LogP contribution in [0.3, 0.4) is 0 Å². The van der Waals surface area contributed by atoms with Crippen molar-refractivity contribution in [2.24, 2.45) is 0 Å². The number of benzene rings is 1. The van der Waals surface area contributed by atoms with Crippen LogP contribution in [-0.4, -0.2) is 25.2 Å². The number of nitriles is 1. The van der Waals surface area contributed by atoms with Crippen LogP contribution < -0.4 is 10.6 Å². The molecule has 1 aromatic carbocycles. The van der Waals surface area contributed by atoms with Gasteiger partial charge in [0, 0.05) is 0 Å². The van der Waals surface area contributed by atoms with Crippen LogP contribution in [0.25, 0.3) is 0 Å². The molecule has 0 aliphatic carbocycles. The van der Waals surface area contributed by atoms with Gasteiger partial charge in [0.1, 0.15) is 6.54 Å². The number of carbonyl (C=O) groups is 2. The molecule has 1 aromatic rings. The minimum absolute atomic E-state index is 0.167. The Labute approximate surface area is 117 Å².